The van der Waals surface area contributed by atoms with Crippen LogP contribution in [0.15, 0.2) is 0 Å². The monoisotopic (exact) mass is 223 g/mol. The molecule has 4 N–H and O–H groups in total. The van der Waals surface area contributed by atoms with Gasteiger partial charge in [0.15, 0.2) is 0 Å². The van der Waals surface area contributed by atoms with E-state index in [0.717, 1.165) is 12.8 Å². The van der Waals surface area contributed by atoms with Crippen LogP contribution < -0.4 is 16.4 Å². The van der Waals surface area contributed by atoms with Gasteiger partial charge in [-0.25, -0.2) is 0 Å². The number of terminal acetylenes is 1. The zero-order valence-electron chi connectivity index (χ0n) is 9.16. The molecule has 0 spiro atoms. The maximum absolute atomic E-state index is 11.3. The number of amides is 2. The summed E-state index contributed by atoms with van der Waals surface area (Å²) < 4.78 is 0. The molecule has 0 radical (unpaired) electrons. The summed E-state index contributed by atoms with van der Waals surface area (Å²) >= 11 is 0. The first-order chi connectivity index (χ1) is 7.63. The Kier molecular flexibility index (Phi) is 4.80. The van der Waals surface area contributed by atoms with E-state index in [1.807, 2.05) is 0 Å². The Balaban J connectivity index is 2.07. The fraction of sp³-hybridized carbons (Fsp3) is 0.636. The zero-order valence-corrected chi connectivity index (χ0v) is 9.16. The second kappa shape index (κ2) is 6.13. The molecule has 1 atom stereocenters. The summed E-state index contributed by atoms with van der Waals surface area (Å²) in [5.74, 6) is 1.97. The van der Waals surface area contributed by atoms with Crippen LogP contribution in [0.25, 0.3) is 0 Å². The largest absolute Gasteiger partial charge is 0.354 e. The highest BCUT2D eigenvalue weighted by Gasteiger charge is 2.22. The highest BCUT2D eigenvalue weighted by molar-refractivity contribution is 5.82. The molecule has 0 aliphatic heterocycles. The van der Waals surface area contributed by atoms with Crippen molar-refractivity contribution < 1.29 is 9.59 Å². The van der Waals surface area contributed by atoms with Gasteiger partial charge in [-0.05, 0) is 12.8 Å². The lowest BCUT2D eigenvalue weighted by atomic mass is 10.2. The van der Waals surface area contributed by atoms with Gasteiger partial charge >= 0.3 is 0 Å². The zero-order chi connectivity index (χ0) is 12.0. The predicted octanol–water partition coefficient (Wildman–Crippen LogP) is -0.878. The minimum Gasteiger partial charge on any atom is -0.354 e. The van der Waals surface area contributed by atoms with E-state index in [9.17, 15) is 9.59 Å². The molecule has 0 saturated heterocycles. The van der Waals surface area contributed by atoms with Crippen molar-refractivity contribution >= 4 is 11.8 Å². The van der Waals surface area contributed by atoms with Gasteiger partial charge in [0, 0.05) is 25.4 Å². The van der Waals surface area contributed by atoms with E-state index in [1.54, 1.807) is 0 Å². The van der Waals surface area contributed by atoms with Crippen molar-refractivity contribution in [3.8, 4) is 12.3 Å². The first-order valence-electron chi connectivity index (χ1n) is 5.39. The lowest BCUT2D eigenvalue weighted by Crippen LogP contribution is -2.41. The van der Waals surface area contributed by atoms with Gasteiger partial charge in [0.2, 0.25) is 11.8 Å². The Morgan fingerprint density at radius 1 is 1.50 bits per heavy atom. The van der Waals surface area contributed by atoms with Crippen LogP contribution in [0.3, 0.4) is 0 Å². The standard InChI is InChI=1S/C11H17N3O2/c1-2-3-9(12)11(16)13-7-6-10(15)14-8-4-5-8/h1,8-9H,3-7,12H2,(H,13,16)(H,14,15). The van der Waals surface area contributed by atoms with Gasteiger partial charge in [0.05, 0.1) is 6.04 Å². The van der Waals surface area contributed by atoms with E-state index in [2.05, 4.69) is 16.6 Å². The van der Waals surface area contributed by atoms with Crippen molar-refractivity contribution in [1.29, 1.82) is 0 Å². The summed E-state index contributed by atoms with van der Waals surface area (Å²) in [5, 5.41) is 5.40. The molecular formula is C11H17N3O2. The number of hydrogen-bond acceptors (Lipinski definition) is 3. The van der Waals surface area contributed by atoms with Crippen LogP contribution >= 0.6 is 0 Å². The summed E-state index contributed by atoms with van der Waals surface area (Å²) in [4.78, 5) is 22.5. The molecule has 2 amide bonds. The van der Waals surface area contributed by atoms with Crippen molar-refractivity contribution in [1.82, 2.24) is 10.6 Å². The normalized spacial score (nSPS) is 16.0. The van der Waals surface area contributed by atoms with Crippen molar-refractivity contribution in [2.24, 2.45) is 5.73 Å². The SMILES string of the molecule is C#CCC(N)C(=O)NCCC(=O)NC1CC1. The summed E-state index contributed by atoms with van der Waals surface area (Å²) in [6.45, 7) is 0.301. The minimum absolute atomic E-state index is 0.0340. The third-order valence-corrected chi connectivity index (χ3v) is 2.27. The second-order valence-electron chi connectivity index (χ2n) is 3.90. The minimum atomic E-state index is -0.684. The smallest absolute Gasteiger partial charge is 0.237 e. The molecule has 0 heterocycles. The van der Waals surface area contributed by atoms with E-state index in [1.165, 1.54) is 0 Å². The summed E-state index contributed by atoms with van der Waals surface area (Å²) in [6, 6.07) is -0.330. The number of rotatable bonds is 6. The van der Waals surface area contributed by atoms with Crippen LogP contribution in [0.4, 0.5) is 0 Å². The average molecular weight is 223 g/mol. The number of nitrogens with one attached hydrogen (secondary N) is 2. The van der Waals surface area contributed by atoms with Gasteiger partial charge in [-0.15, -0.1) is 12.3 Å². The summed E-state index contributed by atoms with van der Waals surface area (Å²) in [7, 11) is 0. The Hall–Kier alpha value is -1.54. The Labute approximate surface area is 95.1 Å². The second-order valence-corrected chi connectivity index (χ2v) is 3.90. The fourth-order valence-corrected chi connectivity index (χ4v) is 1.18. The van der Waals surface area contributed by atoms with Crippen LogP contribution in [-0.2, 0) is 9.59 Å². The first-order valence-corrected chi connectivity index (χ1v) is 5.39. The molecule has 5 heteroatoms. The Bertz CT molecular complexity index is 305. The van der Waals surface area contributed by atoms with Gasteiger partial charge in [0.1, 0.15) is 0 Å². The molecule has 1 fully saturated rings. The van der Waals surface area contributed by atoms with Crippen LogP contribution in [0.2, 0.25) is 0 Å². The van der Waals surface area contributed by atoms with Gasteiger partial charge in [-0.1, -0.05) is 0 Å². The van der Waals surface area contributed by atoms with Gasteiger partial charge in [0.25, 0.3) is 0 Å². The molecule has 0 aromatic heterocycles. The van der Waals surface area contributed by atoms with Crippen LogP contribution in [0.5, 0.6) is 0 Å². The Morgan fingerprint density at radius 2 is 2.19 bits per heavy atom. The molecular weight excluding hydrogens is 206 g/mol. The summed E-state index contributed by atoms with van der Waals surface area (Å²) in [6.07, 6.45) is 7.64. The van der Waals surface area contributed by atoms with Crippen molar-refractivity contribution in [2.75, 3.05) is 6.54 Å². The van der Waals surface area contributed by atoms with Crippen molar-refractivity contribution in [3.63, 3.8) is 0 Å². The molecule has 16 heavy (non-hydrogen) atoms. The topological polar surface area (TPSA) is 84.2 Å². The molecule has 5 nitrogen and oxygen atoms in total. The third-order valence-electron chi connectivity index (χ3n) is 2.27. The molecule has 0 aromatic carbocycles. The fourth-order valence-electron chi connectivity index (χ4n) is 1.18. The summed E-state index contributed by atoms with van der Waals surface area (Å²) in [5.41, 5.74) is 5.48. The van der Waals surface area contributed by atoms with E-state index >= 15 is 0 Å². The highest BCUT2D eigenvalue weighted by Crippen LogP contribution is 2.18. The first kappa shape index (κ1) is 12.5. The van der Waals surface area contributed by atoms with Crippen molar-refractivity contribution in [2.45, 2.75) is 37.8 Å². The number of hydrogen-bond donors (Lipinski definition) is 3. The lowest BCUT2D eigenvalue weighted by Gasteiger charge is -2.09. The molecule has 0 bridgehead atoms. The van der Waals surface area contributed by atoms with Crippen LogP contribution in [-0.4, -0.2) is 30.4 Å². The number of carbonyl (C=O) groups is 2. The Morgan fingerprint density at radius 3 is 2.75 bits per heavy atom. The molecule has 1 unspecified atom stereocenters. The number of carbonyl (C=O) groups excluding carboxylic acids is 2. The van der Waals surface area contributed by atoms with E-state index in [0.29, 0.717) is 12.6 Å². The van der Waals surface area contributed by atoms with E-state index in [4.69, 9.17) is 12.2 Å². The van der Waals surface area contributed by atoms with E-state index < -0.39 is 6.04 Å². The molecule has 1 aliphatic rings. The van der Waals surface area contributed by atoms with Crippen molar-refractivity contribution in [3.05, 3.63) is 0 Å². The maximum atomic E-state index is 11.3. The molecule has 0 aromatic rings. The van der Waals surface area contributed by atoms with Crippen LogP contribution in [0, 0.1) is 12.3 Å². The highest BCUT2D eigenvalue weighted by atomic mass is 16.2. The third kappa shape index (κ3) is 4.80. The average Bonchev–Trinajstić information content (AvgIpc) is 3.01. The lowest BCUT2D eigenvalue weighted by molar-refractivity contribution is -0.123. The molecule has 1 saturated carbocycles. The molecule has 1 aliphatic carbocycles. The quantitative estimate of drug-likeness (QED) is 0.511. The number of nitrogens with two attached hydrogens (primary N) is 1. The predicted molar refractivity (Wildman–Crippen MR) is 60.2 cm³/mol. The van der Waals surface area contributed by atoms with Gasteiger partial charge in [-0.3, -0.25) is 9.59 Å². The molecule has 88 valence electrons. The molecule has 1 rings (SSSR count). The van der Waals surface area contributed by atoms with E-state index in [-0.39, 0.29) is 24.7 Å². The van der Waals surface area contributed by atoms with Gasteiger partial charge in [-0.2, -0.15) is 0 Å². The van der Waals surface area contributed by atoms with Crippen LogP contribution in [0.1, 0.15) is 25.7 Å². The van der Waals surface area contributed by atoms with Gasteiger partial charge < -0.3 is 16.4 Å². The maximum Gasteiger partial charge on any atom is 0.237 e.